The zero-order valence-corrected chi connectivity index (χ0v) is 11.8. The second-order valence-electron chi connectivity index (χ2n) is 5.66. The number of likely N-dealkylation sites (tertiary alicyclic amines) is 1. The van der Waals surface area contributed by atoms with E-state index in [2.05, 4.69) is 0 Å². The summed E-state index contributed by atoms with van der Waals surface area (Å²) in [5.41, 5.74) is 2.07. The molecule has 1 aromatic rings. The average Bonchev–Trinajstić information content (AvgIpc) is 2.53. The summed E-state index contributed by atoms with van der Waals surface area (Å²) >= 11 is 0. The smallest absolute Gasteiger partial charge is 0.308 e. The molecule has 2 aliphatic heterocycles. The first-order chi connectivity index (χ1) is 10.2. The molecular formula is C16H19NO4. The van der Waals surface area contributed by atoms with E-state index in [0.29, 0.717) is 19.6 Å². The molecule has 1 aromatic carbocycles. The van der Waals surface area contributed by atoms with Crippen LogP contribution < -0.4 is 0 Å². The van der Waals surface area contributed by atoms with Crippen LogP contribution >= 0.6 is 0 Å². The number of carboxylic acids is 1. The van der Waals surface area contributed by atoms with Crippen LogP contribution in [0.25, 0.3) is 0 Å². The number of benzene rings is 1. The number of hydrogen-bond acceptors (Lipinski definition) is 3. The molecule has 112 valence electrons. The summed E-state index contributed by atoms with van der Waals surface area (Å²) in [6.45, 7) is 1.43. The number of aliphatic carboxylic acids is 1. The van der Waals surface area contributed by atoms with Crippen LogP contribution in [0.3, 0.4) is 0 Å². The normalized spacial score (nSPS) is 25.2. The number of rotatable bonds is 2. The number of nitrogens with zero attached hydrogens (tertiary/aromatic N) is 1. The van der Waals surface area contributed by atoms with Crippen molar-refractivity contribution in [3.8, 4) is 0 Å². The number of carboxylic acid groups (broad SMARTS) is 1. The minimum atomic E-state index is -0.822. The fourth-order valence-corrected chi connectivity index (χ4v) is 3.14. The summed E-state index contributed by atoms with van der Waals surface area (Å²) in [6, 6.07) is 7.82. The average molecular weight is 289 g/mol. The number of amides is 1. The quantitative estimate of drug-likeness (QED) is 0.898. The van der Waals surface area contributed by atoms with Crippen LogP contribution in [0.4, 0.5) is 0 Å². The lowest BCUT2D eigenvalue weighted by atomic mass is 9.94. The van der Waals surface area contributed by atoms with Gasteiger partial charge in [-0.3, -0.25) is 9.59 Å². The Morgan fingerprint density at radius 2 is 2.10 bits per heavy atom. The largest absolute Gasteiger partial charge is 0.481 e. The van der Waals surface area contributed by atoms with Crippen molar-refractivity contribution in [2.75, 3.05) is 19.7 Å². The molecule has 5 nitrogen and oxygen atoms in total. The Morgan fingerprint density at radius 1 is 1.29 bits per heavy atom. The molecule has 21 heavy (non-hydrogen) atoms. The standard InChI is InChI=1S/C16H19NO4/c18-15(17-8-3-5-12(10-17)16(19)20)14-13-6-2-1-4-11(13)7-9-21-14/h1-2,4,6,12,14H,3,5,7-10H2,(H,19,20)/t12-,14?/m0/s1. The number of hydrogen-bond donors (Lipinski definition) is 1. The third kappa shape index (κ3) is 2.78. The highest BCUT2D eigenvalue weighted by atomic mass is 16.5. The van der Waals surface area contributed by atoms with Crippen molar-refractivity contribution < 1.29 is 19.4 Å². The first kappa shape index (κ1) is 14.1. The van der Waals surface area contributed by atoms with Crippen LogP contribution in [-0.2, 0) is 20.7 Å². The Kier molecular flexibility index (Phi) is 3.92. The molecule has 0 aliphatic carbocycles. The van der Waals surface area contributed by atoms with Crippen LogP contribution in [0.2, 0.25) is 0 Å². The van der Waals surface area contributed by atoms with E-state index in [1.54, 1.807) is 4.90 Å². The van der Waals surface area contributed by atoms with Crippen molar-refractivity contribution in [2.24, 2.45) is 5.92 Å². The lowest BCUT2D eigenvalue weighted by molar-refractivity contribution is -0.151. The van der Waals surface area contributed by atoms with Gasteiger partial charge < -0.3 is 14.7 Å². The van der Waals surface area contributed by atoms with Crippen molar-refractivity contribution in [3.63, 3.8) is 0 Å². The third-order valence-corrected chi connectivity index (χ3v) is 4.30. The highest BCUT2D eigenvalue weighted by molar-refractivity contribution is 5.84. The van der Waals surface area contributed by atoms with Crippen LogP contribution in [0, 0.1) is 5.92 Å². The van der Waals surface area contributed by atoms with Crippen molar-refractivity contribution in [1.82, 2.24) is 4.90 Å². The maximum atomic E-state index is 12.7. The Bertz CT molecular complexity index is 557. The zero-order chi connectivity index (χ0) is 14.8. The van der Waals surface area contributed by atoms with Gasteiger partial charge >= 0.3 is 5.97 Å². The minimum absolute atomic E-state index is 0.104. The number of ether oxygens (including phenoxy) is 1. The molecule has 3 rings (SSSR count). The SMILES string of the molecule is O=C(O)[C@H]1CCCN(C(=O)C2OCCc3ccccc32)C1. The fraction of sp³-hybridized carbons (Fsp3) is 0.500. The number of fused-ring (bicyclic) bond motifs is 1. The molecular weight excluding hydrogens is 270 g/mol. The summed E-state index contributed by atoms with van der Waals surface area (Å²) in [5, 5.41) is 9.14. The van der Waals surface area contributed by atoms with Gasteiger partial charge in [0.2, 0.25) is 0 Å². The van der Waals surface area contributed by atoms with Crippen LogP contribution in [-0.4, -0.2) is 41.6 Å². The Labute approximate surface area is 123 Å². The topological polar surface area (TPSA) is 66.8 Å². The summed E-state index contributed by atoms with van der Waals surface area (Å²) in [6.07, 6.45) is 1.61. The van der Waals surface area contributed by atoms with Crippen LogP contribution in [0.15, 0.2) is 24.3 Å². The lowest BCUT2D eigenvalue weighted by Gasteiger charge is -2.35. The summed E-state index contributed by atoms with van der Waals surface area (Å²) in [7, 11) is 0. The van der Waals surface area contributed by atoms with Gasteiger partial charge in [0.05, 0.1) is 12.5 Å². The van der Waals surface area contributed by atoms with Crippen molar-refractivity contribution in [3.05, 3.63) is 35.4 Å². The maximum absolute atomic E-state index is 12.7. The molecule has 0 aromatic heterocycles. The summed E-state index contributed by atoms with van der Waals surface area (Å²) < 4.78 is 5.68. The Hall–Kier alpha value is -1.88. The molecule has 1 N–H and O–H groups in total. The molecule has 1 fully saturated rings. The van der Waals surface area contributed by atoms with E-state index in [-0.39, 0.29) is 12.5 Å². The molecule has 2 heterocycles. The maximum Gasteiger partial charge on any atom is 0.308 e. The van der Waals surface area contributed by atoms with E-state index < -0.39 is 18.0 Å². The summed E-state index contributed by atoms with van der Waals surface area (Å²) in [4.78, 5) is 25.5. The highest BCUT2D eigenvalue weighted by Gasteiger charge is 2.34. The van der Waals surface area contributed by atoms with Gasteiger partial charge in [-0.05, 0) is 30.4 Å². The van der Waals surface area contributed by atoms with E-state index in [4.69, 9.17) is 9.84 Å². The predicted molar refractivity (Wildman–Crippen MR) is 75.8 cm³/mol. The van der Waals surface area contributed by atoms with Gasteiger partial charge in [0, 0.05) is 13.1 Å². The molecule has 5 heteroatoms. The highest BCUT2D eigenvalue weighted by Crippen LogP contribution is 2.30. The molecule has 0 bridgehead atoms. The van der Waals surface area contributed by atoms with Crippen molar-refractivity contribution >= 4 is 11.9 Å². The first-order valence-corrected chi connectivity index (χ1v) is 7.38. The van der Waals surface area contributed by atoms with Crippen LogP contribution in [0.5, 0.6) is 0 Å². The summed E-state index contributed by atoms with van der Waals surface area (Å²) in [5.74, 6) is -1.38. The molecule has 0 spiro atoms. The van der Waals surface area contributed by atoms with E-state index in [1.165, 1.54) is 0 Å². The molecule has 0 radical (unpaired) electrons. The number of carbonyl (C=O) groups excluding carboxylic acids is 1. The molecule has 1 saturated heterocycles. The fourth-order valence-electron chi connectivity index (χ4n) is 3.14. The van der Waals surface area contributed by atoms with E-state index in [0.717, 1.165) is 24.0 Å². The molecule has 1 unspecified atom stereocenters. The zero-order valence-electron chi connectivity index (χ0n) is 11.8. The second kappa shape index (κ2) is 5.85. The Morgan fingerprint density at radius 3 is 2.90 bits per heavy atom. The van der Waals surface area contributed by atoms with Gasteiger partial charge in [0.15, 0.2) is 6.10 Å². The predicted octanol–water partition coefficient (Wildman–Crippen LogP) is 1.62. The number of piperidine rings is 1. The van der Waals surface area contributed by atoms with Crippen LogP contribution in [0.1, 0.15) is 30.1 Å². The minimum Gasteiger partial charge on any atom is -0.481 e. The van der Waals surface area contributed by atoms with E-state index >= 15 is 0 Å². The monoisotopic (exact) mass is 289 g/mol. The van der Waals surface area contributed by atoms with Gasteiger partial charge in [-0.2, -0.15) is 0 Å². The molecule has 2 atom stereocenters. The van der Waals surface area contributed by atoms with Gasteiger partial charge in [0.1, 0.15) is 0 Å². The lowest BCUT2D eigenvalue weighted by Crippen LogP contribution is -2.45. The van der Waals surface area contributed by atoms with E-state index in [9.17, 15) is 9.59 Å². The molecule has 1 amide bonds. The second-order valence-corrected chi connectivity index (χ2v) is 5.66. The molecule has 0 saturated carbocycles. The Balaban J connectivity index is 1.78. The van der Waals surface area contributed by atoms with Crippen molar-refractivity contribution in [2.45, 2.75) is 25.4 Å². The van der Waals surface area contributed by atoms with Gasteiger partial charge in [-0.1, -0.05) is 24.3 Å². The first-order valence-electron chi connectivity index (χ1n) is 7.38. The van der Waals surface area contributed by atoms with Gasteiger partial charge in [0.25, 0.3) is 5.91 Å². The molecule has 2 aliphatic rings. The van der Waals surface area contributed by atoms with E-state index in [1.807, 2.05) is 24.3 Å². The third-order valence-electron chi connectivity index (χ3n) is 4.30. The van der Waals surface area contributed by atoms with Gasteiger partial charge in [-0.15, -0.1) is 0 Å². The van der Waals surface area contributed by atoms with Gasteiger partial charge in [-0.25, -0.2) is 0 Å². The van der Waals surface area contributed by atoms with Crippen molar-refractivity contribution in [1.29, 1.82) is 0 Å². The number of carbonyl (C=O) groups is 2.